The number of unbranched alkanes of at least 4 members (excludes halogenated alkanes) is 1. The Kier molecular flexibility index (Phi) is 4.64. The number of carbonyl (C=O) groups excluding carboxylic acids is 1. The van der Waals surface area contributed by atoms with Crippen LogP contribution in [0.3, 0.4) is 0 Å². The summed E-state index contributed by atoms with van der Waals surface area (Å²) in [7, 11) is 1.37. The lowest BCUT2D eigenvalue weighted by atomic mass is 10.2. The standard InChI is InChI=1S/C15H23NO3/c1-4-5-10-16(12-6-7-12)11(2)13-8-9-14(19-13)15(17)18-3/h8-9,11-12H,4-7,10H2,1-3H3. The van der Waals surface area contributed by atoms with Crippen molar-refractivity contribution in [1.82, 2.24) is 4.90 Å². The second-order valence-corrected chi connectivity index (χ2v) is 5.19. The number of hydrogen-bond acceptors (Lipinski definition) is 4. The second-order valence-electron chi connectivity index (χ2n) is 5.19. The lowest BCUT2D eigenvalue weighted by molar-refractivity contribution is 0.0558. The average molecular weight is 265 g/mol. The molecule has 2 rings (SSSR count). The van der Waals surface area contributed by atoms with Crippen LogP contribution < -0.4 is 0 Å². The van der Waals surface area contributed by atoms with Crippen molar-refractivity contribution in [2.24, 2.45) is 0 Å². The molecule has 1 aromatic heterocycles. The van der Waals surface area contributed by atoms with Crippen LogP contribution in [0, 0.1) is 0 Å². The second kappa shape index (κ2) is 6.24. The smallest absolute Gasteiger partial charge is 0.373 e. The van der Waals surface area contributed by atoms with E-state index in [0.29, 0.717) is 6.04 Å². The van der Waals surface area contributed by atoms with Gasteiger partial charge >= 0.3 is 5.97 Å². The quantitative estimate of drug-likeness (QED) is 0.709. The number of rotatable bonds is 7. The van der Waals surface area contributed by atoms with Gasteiger partial charge in [-0.15, -0.1) is 0 Å². The first-order valence-corrected chi connectivity index (χ1v) is 7.11. The van der Waals surface area contributed by atoms with Crippen LogP contribution in [0.5, 0.6) is 0 Å². The molecule has 0 spiro atoms. The van der Waals surface area contributed by atoms with E-state index in [0.717, 1.165) is 12.3 Å². The van der Waals surface area contributed by atoms with Crippen molar-refractivity contribution in [2.75, 3.05) is 13.7 Å². The summed E-state index contributed by atoms with van der Waals surface area (Å²) in [6.07, 6.45) is 4.95. The Morgan fingerprint density at radius 2 is 2.26 bits per heavy atom. The SMILES string of the molecule is CCCCN(C1CC1)C(C)c1ccc(C(=O)OC)o1. The Morgan fingerprint density at radius 1 is 1.53 bits per heavy atom. The van der Waals surface area contributed by atoms with Crippen LogP contribution >= 0.6 is 0 Å². The summed E-state index contributed by atoms with van der Waals surface area (Å²) in [6, 6.07) is 4.49. The van der Waals surface area contributed by atoms with E-state index in [2.05, 4.69) is 23.5 Å². The fourth-order valence-electron chi connectivity index (χ4n) is 2.39. The molecule has 0 amide bonds. The number of esters is 1. The predicted molar refractivity (Wildman–Crippen MR) is 73.1 cm³/mol. The van der Waals surface area contributed by atoms with Crippen LogP contribution in [0.4, 0.5) is 0 Å². The van der Waals surface area contributed by atoms with Gasteiger partial charge in [0.25, 0.3) is 0 Å². The maximum Gasteiger partial charge on any atom is 0.373 e. The van der Waals surface area contributed by atoms with Gasteiger partial charge in [-0.25, -0.2) is 4.79 Å². The highest BCUT2D eigenvalue weighted by Crippen LogP contribution is 2.35. The lowest BCUT2D eigenvalue weighted by Gasteiger charge is -2.27. The number of carbonyl (C=O) groups is 1. The fourth-order valence-corrected chi connectivity index (χ4v) is 2.39. The molecule has 1 atom stereocenters. The Labute approximate surface area is 114 Å². The molecule has 4 nitrogen and oxygen atoms in total. The molecule has 0 bridgehead atoms. The van der Waals surface area contributed by atoms with E-state index in [9.17, 15) is 4.79 Å². The summed E-state index contributed by atoms with van der Waals surface area (Å²) < 4.78 is 10.3. The lowest BCUT2D eigenvalue weighted by Crippen LogP contribution is -2.30. The minimum absolute atomic E-state index is 0.220. The Balaban J connectivity index is 2.05. The molecular weight excluding hydrogens is 242 g/mol. The number of ether oxygens (including phenoxy) is 1. The minimum Gasteiger partial charge on any atom is -0.463 e. The van der Waals surface area contributed by atoms with E-state index >= 15 is 0 Å². The van der Waals surface area contributed by atoms with E-state index in [1.54, 1.807) is 6.07 Å². The molecule has 106 valence electrons. The number of nitrogens with zero attached hydrogens (tertiary/aromatic N) is 1. The van der Waals surface area contributed by atoms with Crippen molar-refractivity contribution in [3.05, 3.63) is 23.7 Å². The van der Waals surface area contributed by atoms with E-state index in [-0.39, 0.29) is 11.8 Å². The van der Waals surface area contributed by atoms with Gasteiger partial charge in [-0.05, 0) is 44.9 Å². The zero-order valence-corrected chi connectivity index (χ0v) is 12.0. The molecule has 1 saturated carbocycles. The van der Waals surface area contributed by atoms with Gasteiger partial charge in [0.15, 0.2) is 0 Å². The zero-order chi connectivity index (χ0) is 13.8. The molecule has 0 aliphatic heterocycles. The molecule has 1 aliphatic carbocycles. The molecule has 1 fully saturated rings. The molecule has 0 N–H and O–H groups in total. The molecular formula is C15H23NO3. The molecule has 1 heterocycles. The summed E-state index contributed by atoms with van der Waals surface area (Å²) in [5, 5.41) is 0. The first kappa shape index (κ1) is 14.1. The van der Waals surface area contributed by atoms with Crippen LogP contribution in [-0.4, -0.2) is 30.6 Å². The van der Waals surface area contributed by atoms with Crippen molar-refractivity contribution in [3.8, 4) is 0 Å². The van der Waals surface area contributed by atoms with Crippen LogP contribution in [0.15, 0.2) is 16.5 Å². The van der Waals surface area contributed by atoms with E-state index in [1.807, 2.05) is 6.07 Å². The maximum absolute atomic E-state index is 11.4. The van der Waals surface area contributed by atoms with Gasteiger partial charge in [-0.1, -0.05) is 13.3 Å². The van der Waals surface area contributed by atoms with Gasteiger partial charge in [0, 0.05) is 6.04 Å². The Hall–Kier alpha value is -1.29. The third kappa shape index (κ3) is 3.38. The largest absolute Gasteiger partial charge is 0.463 e. The summed E-state index contributed by atoms with van der Waals surface area (Å²) >= 11 is 0. The van der Waals surface area contributed by atoms with Crippen molar-refractivity contribution < 1.29 is 13.9 Å². The summed E-state index contributed by atoms with van der Waals surface area (Å²) in [6.45, 7) is 5.45. The average Bonchev–Trinajstić information content (AvgIpc) is 3.14. The third-order valence-corrected chi connectivity index (χ3v) is 3.71. The van der Waals surface area contributed by atoms with E-state index in [1.165, 1.54) is 32.8 Å². The number of furan rings is 1. The molecule has 19 heavy (non-hydrogen) atoms. The van der Waals surface area contributed by atoms with Crippen molar-refractivity contribution in [2.45, 2.75) is 51.6 Å². The highest BCUT2D eigenvalue weighted by Gasteiger charge is 2.33. The molecule has 0 radical (unpaired) electrons. The molecule has 1 aliphatic rings. The monoisotopic (exact) mass is 265 g/mol. The van der Waals surface area contributed by atoms with Crippen LogP contribution in [0.2, 0.25) is 0 Å². The van der Waals surface area contributed by atoms with Crippen LogP contribution in [0.1, 0.15) is 61.9 Å². The van der Waals surface area contributed by atoms with E-state index < -0.39 is 5.97 Å². The topological polar surface area (TPSA) is 42.7 Å². The molecule has 1 unspecified atom stereocenters. The normalized spacial score (nSPS) is 16.6. The Bertz CT molecular complexity index is 423. The highest BCUT2D eigenvalue weighted by atomic mass is 16.5. The van der Waals surface area contributed by atoms with Gasteiger partial charge in [0.05, 0.1) is 13.2 Å². The van der Waals surface area contributed by atoms with Gasteiger partial charge in [0.2, 0.25) is 5.76 Å². The van der Waals surface area contributed by atoms with Crippen molar-refractivity contribution in [3.63, 3.8) is 0 Å². The molecule has 0 saturated heterocycles. The summed E-state index contributed by atoms with van der Waals surface area (Å²) in [5.74, 6) is 0.726. The Morgan fingerprint density at radius 3 is 2.84 bits per heavy atom. The molecule has 0 aromatic carbocycles. The van der Waals surface area contributed by atoms with Crippen molar-refractivity contribution in [1.29, 1.82) is 0 Å². The van der Waals surface area contributed by atoms with Crippen molar-refractivity contribution >= 4 is 5.97 Å². The van der Waals surface area contributed by atoms with Gasteiger partial charge in [-0.3, -0.25) is 4.90 Å². The third-order valence-electron chi connectivity index (χ3n) is 3.71. The van der Waals surface area contributed by atoms with Crippen LogP contribution in [-0.2, 0) is 4.74 Å². The first-order chi connectivity index (χ1) is 9.17. The minimum atomic E-state index is -0.412. The highest BCUT2D eigenvalue weighted by molar-refractivity contribution is 5.86. The molecule has 1 aromatic rings. The maximum atomic E-state index is 11.4. The summed E-state index contributed by atoms with van der Waals surface area (Å²) in [5.41, 5.74) is 0. The first-order valence-electron chi connectivity index (χ1n) is 7.11. The summed E-state index contributed by atoms with van der Waals surface area (Å²) in [4.78, 5) is 13.9. The van der Waals surface area contributed by atoms with Crippen LogP contribution in [0.25, 0.3) is 0 Å². The van der Waals surface area contributed by atoms with Gasteiger partial charge in [0.1, 0.15) is 5.76 Å². The van der Waals surface area contributed by atoms with E-state index in [4.69, 9.17) is 4.42 Å². The molecule has 4 heteroatoms. The zero-order valence-electron chi connectivity index (χ0n) is 12.0. The fraction of sp³-hybridized carbons (Fsp3) is 0.667. The van der Waals surface area contributed by atoms with Gasteiger partial charge in [-0.2, -0.15) is 0 Å². The number of methoxy groups -OCH3 is 1. The predicted octanol–water partition coefficient (Wildman–Crippen LogP) is 3.39. The number of hydrogen-bond donors (Lipinski definition) is 0. The van der Waals surface area contributed by atoms with Gasteiger partial charge < -0.3 is 9.15 Å².